The van der Waals surface area contributed by atoms with Gasteiger partial charge in [-0.15, -0.1) is 0 Å². The summed E-state index contributed by atoms with van der Waals surface area (Å²) in [4.78, 5) is 12.6. The number of halogens is 1. The predicted molar refractivity (Wildman–Crippen MR) is 98.7 cm³/mol. The molecule has 0 saturated heterocycles. The Hall–Kier alpha value is -3.41. The van der Waals surface area contributed by atoms with Crippen molar-refractivity contribution in [2.24, 2.45) is 0 Å². The number of ether oxygens (including phenoxy) is 1. The van der Waals surface area contributed by atoms with E-state index in [1.54, 1.807) is 19.2 Å². The number of carbonyl (C=O) groups is 1. The third kappa shape index (κ3) is 4.82. The molecule has 27 heavy (non-hydrogen) atoms. The van der Waals surface area contributed by atoms with E-state index in [1.165, 1.54) is 36.7 Å². The van der Waals surface area contributed by atoms with E-state index < -0.39 is 0 Å². The summed E-state index contributed by atoms with van der Waals surface area (Å²) in [6, 6.07) is 16.2. The second kappa shape index (κ2) is 8.31. The topological polar surface area (TPSA) is 65.3 Å². The van der Waals surface area contributed by atoms with E-state index in [4.69, 9.17) is 4.74 Å². The van der Waals surface area contributed by atoms with Crippen molar-refractivity contribution < 1.29 is 18.7 Å². The molecular formula is C21H19FN2O3. The fraction of sp³-hybridized carbons (Fsp3) is 0.143. The molecule has 138 valence electrons. The quantitative estimate of drug-likeness (QED) is 0.538. The SMILES string of the molecule is COc1ccc(C(Cc2ccc(F)cc2)NC(=O)c2cc[n+]([O-])cc2)cc1. The molecular weight excluding hydrogens is 347 g/mol. The highest BCUT2D eigenvalue weighted by atomic mass is 19.1. The zero-order valence-corrected chi connectivity index (χ0v) is 14.8. The molecule has 0 fully saturated rings. The third-order valence-corrected chi connectivity index (χ3v) is 4.24. The molecule has 2 aromatic carbocycles. The van der Waals surface area contributed by atoms with E-state index in [-0.39, 0.29) is 17.8 Å². The van der Waals surface area contributed by atoms with E-state index in [1.807, 2.05) is 24.3 Å². The van der Waals surface area contributed by atoms with Gasteiger partial charge in [0.15, 0.2) is 12.4 Å². The van der Waals surface area contributed by atoms with Crippen molar-refractivity contribution in [1.29, 1.82) is 0 Å². The minimum atomic E-state index is -0.326. The van der Waals surface area contributed by atoms with Gasteiger partial charge in [-0.05, 0) is 41.8 Å². The maximum Gasteiger partial charge on any atom is 0.252 e. The van der Waals surface area contributed by atoms with Gasteiger partial charge in [-0.2, -0.15) is 4.73 Å². The Kier molecular flexibility index (Phi) is 5.66. The van der Waals surface area contributed by atoms with Gasteiger partial charge in [0, 0.05) is 12.1 Å². The highest BCUT2D eigenvalue weighted by Gasteiger charge is 2.17. The van der Waals surface area contributed by atoms with Crippen molar-refractivity contribution in [2.45, 2.75) is 12.5 Å². The first kappa shape index (κ1) is 18.4. The summed E-state index contributed by atoms with van der Waals surface area (Å²) < 4.78 is 19.0. The van der Waals surface area contributed by atoms with Crippen LogP contribution in [0.15, 0.2) is 73.1 Å². The van der Waals surface area contributed by atoms with Crippen molar-refractivity contribution in [1.82, 2.24) is 5.32 Å². The van der Waals surface area contributed by atoms with Crippen LogP contribution in [0.5, 0.6) is 5.75 Å². The molecule has 1 amide bonds. The van der Waals surface area contributed by atoms with Gasteiger partial charge >= 0.3 is 0 Å². The number of nitrogens with zero attached hydrogens (tertiary/aromatic N) is 1. The molecule has 1 aromatic heterocycles. The zero-order valence-electron chi connectivity index (χ0n) is 14.8. The lowest BCUT2D eigenvalue weighted by molar-refractivity contribution is -0.605. The third-order valence-electron chi connectivity index (χ3n) is 4.24. The van der Waals surface area contributed by atoms with E-state index in [0.717, 1.165) is 11.1 Å². The smallest absolute Gasteiger partial charge is 0.252 e. The molecule has 1 unspecified atom stereocenters. The number of benzene rings is 2. The Balaban J connectivity index is 1.84. The summed E-state index contributed by atoms with van der Waals surface area (Å²) in [6.45, 7) is 0. The summed E-state index contributed by atoms with van der Waals surface area (Å²) in [5.74, 6) is 0.117. The lowest BCUT2D eigenvalue weighted by Gasteiger charge is -2.20. The van der Waals surface area contributed by atoms with Gasteiger partial charge in [0.1, 0.15) is 11.6 Å². The maximum atomic E-state index is 13.2. The number of rotatable bonds is 6. The second-order valence-corrected chi connectivity index (χ2v) is 6.08. The van der Waals surface area contributed by atoms with Crippen molar-refractivity contribution >= 4 is 5.91 Å². The number of nitrogens with one attached hydrogen (secondary N) is 1. The van der Waals surface area contributed by atoms with Crippen LogP contribution in [0.2, 0.25) is 0 Å². The molecule has 3 rings (SSSR count). The first-order chi connectivity index (χ1) is 13.0. The summed E-state index contributed by atoms with van der Waals surface area (Å²) in [5.41, 5.74) is 2.17. The molecule has 0 aliphatic heterocycles. The van der Waals surface area contributed by atoms with E-state index in [0.29, 0.717) is 22.5 Å². The first-order valence-electron chi connectivity index (χ1n) is 8.43. The van der Waals surface area contributed by atoms with Gasteiger partial charge in [0.2, 0.25) is 0 Å². The number of methoxy groups -OCH3 is 1. The number of aromatic nitrogens is 1. The van der Waals surface area contributed by atoms with Crippen LogP contribution < -0.4 is 14.8 Å². The van der Waals surface area contributed by atoms with Crippen LogP contribution in [-0.4, -0.2) is 13.0 Å². The summed E-state index contributed by atoms with van der Waals surface area (Å²) in [5, 5.41) is 14.1. The second-order valence-electron chi connectivity index (χ2n) is 6.08. The van der Waals surface area contributed by atoms with Crippen molar-refractivity contribution in [3.8, 4) is 5.75 Å². The molecule has 0 aliphatic rings. The molecule has 1 atom stereocenters. The van der Waals surface area contributed by atoms with Crippen LogP contribution in [0.25, 0.3) is 0 Å². The summed E-state index contributed by atoms with van der Waals surface area (Å²) >= 11 is 0. The lowest BCUT2D eigenvalue weighted by Crippen LogP contribution is -2.31. The molecule has 5 nitrogen and oxygen atoms in total. The Morgan fingerprint density at radius 2 is 1.70 bits per heavy atom. The Morgan fingerprint density at radius 1 is 1.07 bits per heavy atom. The number of hydrogen-bond donors (Lipinski definition) is 1. The Bertz CT molecular complexity index is 894. The molecule has 3 aromatic rings. The Labute approximate surface area is 156 Å². The van der Waals surface area contributed by atoms with Gasteiger partial charge in [0.05, 0.1) is 18.7 Å². The number of pyridine rings is 1. The Morgan fingerprint density at radius 3 is 2.30 bits per heavy atom. The van der Waals surface area contributed by atoms with Gasteiger partial charge in [-0.1, -0.05) is 24.3 Å². The van der Waals surface area contributed by atoms with E-state index in [2.05, 4.69) is 5.32 Å². The van der Waals surface area contributed by atoms with Crippen molar-refractivity contribution in [2.75, 3.05) is 7.11 Å². The fourth-order valence-electron chi connectivity index (χ4n) is 2.75. The van der Waals surface area contributed by atoms with Crippen LogP contribution >= 0.6 is 0 Å². The van der Waals surface area contributed by atoms with Crippen LogP contribution in [0.1, 0.15) is 27.5 Å². The minimum Gasteiger partial charge on any atom is -0.619 e. The van der Waals surface area contributed by atoms with Crippen molar-refractivity contribution in [3.63, 3.8) is 0 Å². The normalized spacial score (nSPS) is 11.6. The van der Waals surface area contributed by atoms with Gasteiger partial charge in [0.25, 0.3) is 5.91 Å². The first-order valence-corrected chi connectivity index (χ1v) is 8.43. The lowest BCUT2D eigenvalue weighted by atomic mass is 9.98. The fourth-order valence-corrected chi connectivity index (χ4v) is 2.75. The standard InChI is InChI=1S/C21H19FN2O3/c1-27-19-8-4-16(5-9-19)20(14-15-2-6-18(22)7-3-15)23-21(25)17-10-12-24(26)13-11-17/h2-13,20H,14H2,1H3,(H,23,25). The molecule has 0 spiro atoms. The minimum absolute atomic E-state index is 0.293. The molecule has 0 radical (unpaired) electrons. The van der Waals surface area contributed by atoms with Crippen LogP contribution in [-0.2, 0) is 6.42 Å². The molecule has 6 heteroatoms. The number of carbonyl (C=O) groups excluding carboxylic acids is 1. The van der Waals surface area contributed by atoms with Gasteiger partial charge in [-0.25, -0.2) is 4.39 Å². The van der Waals surface area contributed by atoms with E-state index in [9.17, 15) is 14.4 Å². The monoisotopic (exact) mass is 366 g/mol. The molecule has 0 saturated carbocycles. The average molecular weight is 366 g/mol. The van der Waals surface area contributed by atoms with Crippen LogP contribution in [0, 0.1) is 11.0 Å². The summed E-state index contributed by atoms with van der Waals surface area (Å²) in [7, 11) is 1.59. The molecule has 1 N–H and O–H groups in total. The summed E-state index contributed by atoms with van der Waals surface area (Å²) in [6.07, 6.45) is 3.04. The molecule has 1 heterocycles. The molecule has 0 bridgehead atoms. The highest BCUT2D eigenvalue weighted by molar-refractivity contribution is 5.94. The van der Waals surface area contributed by atoms with E-state index >= 15 is 0 Å². The van der Waals surface area contributed by atoms with Crippen LogP contribution in [0.3, 0.4) is 0 Å². The predicted octanol–water partition coefficient (Wildman–Crippen LogP) is 3.18. The van der Waals surface area contributed by atoms with Crippen molar-refractivity contribution in [3.05, 3.63) is 101 Å². The largest absolute Gasteiger partial charge is 0.619 e. The van der Waals surface area contributed by atoms with Gasteiger partial charge in [-0.3, -0.25) is 4.79 Å². The zero-order chi connectivity index (χ0) is 19.2. The van der Waals surface area contributed by atoms with Gasteiger partial charge < -0.3 is 15.3 Å². The maximum absolute atomic E-state index is 13.2. The van der Waals surface area contributed by atoms with Crippen LogP contribution in [0.4, 0.5) is 4.39 Å². The number of hydrogen-bond acceptors (Lipinski definition) is 3. The molecule has 0 aliphatic carbocycles. The highest BCUT2D eigenvalue weighted by Crippen LogP contribution is 2.22. The number of amides is 1. The average Bonchev–Trinajstić information content (AvgIpc) is 2.69.